The van der Waals surface area contributed by atoms with Crippen LogP contribution in [0.5, 0.6) is 0 Å². The van der Waals surface area contributed by atoms with Crippen LogP contribution in [0.4, 0.5) is 0 Å². The molecule has 0 bridgehead atoms. The summed E-state index contributed by atoms with van der Waals surface area (Å²) in [6.45, 7) is 2.99. The van der Waals surface area contributed by atoms with Gasteiger partial charge in [0.1, 0.15) is 0 Å². The molecular formula is C12H22O2. The Kier molecular flexibility index (Phi) is 5.88. The fourth-order valence-corrected chi connectivity index (χ4v) is 1.75. The van der Waals surface area contributed by atoms with Gasteiger partial charge in [-0.15, -0.1) is 0 Å². The second-order valence-corrected chi connectivity index (χ2v) is 4.01. The van der Waals surface area contributed by atoms with Crippen molar-refractivity contribution in [1.82, 2.24) is 0 Å². The smallest absolute Gasteiger partial charge is 0.0780 e. The molecule has 2 unspecified atom stereocenters. The average molecular weight is 198 g/mol. The van der Waals surface area contributed by atoms with Gasteiger partial charge in [0, 0.05) is 6.42 Å². The second kappa shape index (κ2) is 7.02. The molecule has 0 aromatic carbocycles. The minimum absolute atomic E-state index is 0.153. The lowest BCUT2D eigenvalue weighted by atomic mass is 10.0. The van der Waals surface area contributed by atoms with E-state index in [1.807, 2.05) is 0 Å². The molecule has 0 aliphatic carbocycles. The highest BCUT2D eigenvalue weighted by Gasteiger charge is 2.13. The van der Waals surface area contributed by atoms with Gasteiger partial charge in [-0.05, 0) is 12.8 Å². The minimum Gasteiger partial charge on any atom is -0.393 e. The highest BCUT2D eigenvalue weighted by Crippen LogP contribution is 2.14. The molecule has 1 N–H and O–H groups in total. The van der Waals surface area contributed by atoms with Crippen LogP contribution in [-0.4, -0.2) is 23.9 Å². The molecule has 0 aromatic rings. The third-order valence-electron chi connectivity index (χ3n) is 2.61. The predicted octanol–water partition coefficient (Wildman–Crippen LogP) is 2.66. The molecule has 0 saturated carbocycles. The van der Waals surface area contributed by atoms with Crippen molar-refractivity contribution in [3.8, 4) is 0 Å². The molecular weight excluding hydrogens is 176 g/mol. The number of rotatable bonds is 6. The Bertz CT molecular complexity index is 166. The van der Waals surface area contributed by atoms with Crippen LogP contribution >= 0.6 is 0 Å². The van der Waals surface area contributed by atoms with E-state index in [2.05, 4.69) is 19.1 Å². The second-order valence-electron chi connectivity index (χ2n) is 4.01. The molecule has 14 heavy (non-hydrogen) atoms. The number of hydrogen-bond acceptors (Lipinski definition) is 2. The van der Waals surface area contributed by atoms with E-state index in [-0.39, 0.29) is 12.2 Å². The van der Waals surface area contributed by atoms with Crippen molar-refractivity contribution in [2.24, 2.45) is 0 Å². The van der Waals surface area contributed by atoms with E-state index in [0.717, 1.165) is 32.3 Å². The molecule has 0 saturated heterocycles. The molecule has 0 spiro atoms. The van der Waals surface area contributed by atoms with Crippen LogP contribution < -0.4 is 0 Å². The molecule has 0 amide bonds. The van der Waals surface area contributed by atoms with E-state index in [4.69, 9.17) is 4.74 Å². The summed E-state index contributed by atoms with van der Waals surface area (Å²) in [4.78, 5) is 0. The third-order valence-corrected chi connectivity index (χ3v) is 2.61. The van der Waals surface area contributed by atoms with Gasteiger partial charge in [0.2, 0.25) is 0 Å². The SMILES string of the molecule is CCCCCC(O)CC1C=CCCO1. The fourth-order valence-electron chi connectivity index (χ4n) is 1.75. The minimum atomic E-state index is -0.186. The van der Waals surface area contributed by atoms with Crippen LogP contribution in [0.3, 0.4) is 0 Å². The van der Waals surface area contributed by atoms with E-state index in [0.29, 0.717) is 0 Å². The van der Waals surface area contributed by atoms with Gasteiger partial charge in [-0.3, -0.25) is 0 Å². The Morgan fingerprint density at radius 1 is 1.50 bits per heavy atom. The highest BCUT2D eigenvalue weighted by atomic mass is 16.5. The Balaban J connectivity index is 2.09. The first-order valence-corrected chi connectivity index (χ1v) is 5.79. The average Bonchev–Trinajstić information content (AvgIpc) is 2.20. The summed E-state index contributed by atoms with van der Waals surface area (Å²) in [5.74, 6) is 0. The molecule has 2 heteroatoms. The molecule has 2 atom stereocenters. The number of ether oxygens (including phenoxy) is 1. The van der Waals surface area contributed by atoms with Crippen LogP contribution in [0, 0.1) is 0 Å². The quantitative estimate of drug-likeness (QED) is 0.525. The van der Waals surface area contributed by atoms with Gasteiger partial charge >= 0.3 is 0 Å². The first-order chi connectivity index (χ1) is 6.83. The Morgan fingerprint density at radius 3 is 3.00 bits per heavy atom. The molecule has 1 heterocycles. The summed E-state index contributed by atoms with van der Waals surface area (Å²) in [6, 6.07) is 0. The number of hydrogen-bond donors (Lipinski definition) is 1. The van der Waals surface area contributed by atoms with Gasteiger partial charge in [0.05, 0.1) is 18.8 Å². The van der Waals surface area contributed by atoms with E-state index in [1.165, 1.54) is 12.8 Å². The normalized spacial score (nSPS) is 23.7. The van der Waals surface area contributed by atoms with E-state index >= 15 is 0 Å². The van der Waals surface area contributed by atoms with Crippen molar-refractivity contribution < 1.29 is 9.84 Å². The third kappa shape index (κ3) is 4.77. The molecule has 1 aliphatic heterocycles. The van der Waals surface area contributed by atoms with Crippen molar-refractivity contribution in [2.45, 2.75) is 57.7 Å². The summed E-state index contributed by atoms with van der Waals surface area (Å²) >= 11 is 0. The first-order valence-electron chi connectivity index (χ1n) is 5.79. The van der Waals surface area contributed by atoms with Crippen molar-refractivity contribution in [1.29, 1.82) is 0 Å². The maximum Gasteiger partial charge on any atom is 0.0780 e. The van der Waals surface area contributed by atoms with Gasteiger partial charge in [0.15, 0.2) is 0 Å². The molecule has 1 aliphatic rings. The zero-order valence-electron chi connectivity index (χ0n) is 9.11. The van der Waals surface area contributed by atoms with E-state index < -0.39 is 0 Å². The highest BCUT2D eigenvalue weighted by molar-refractivity contribution is 4.93. The summed E-state index contributed by atoms with van der Waals surface area (Å²) in [7, 11) is 0. The Labute approximate surface area is 87.0 Å². The van der Waals surface area contributed by atoms with Gasteiger partial charge in [-0.1, -0.05) is 38.3 Å². The summed E-state index contributed by atoms with van der Waals surface area (Å²) < 4.78 is 5.51. The summed E-state index contributed by atoms with van der Waals surface area (Å²) in [6.07, 6.45) is 10.5. The van der Waals surface area contributed by atoms with Gasteiger partial charge in [-0.25, -0.2) is 0 Å². The van der Waals surface area contributed by atoms with Gasteiger partial charge in [0.25, 0.3) is 0 Å². The Hall–Kier alpha value is -0.340. The van der Waals surface area contributed by atoms with Crippen LogP contribution in [0.25, 0.3) is 0 Å². The standard InChI is InChI=1S/C12H22O2/c1-2-3-4-7-11(13)10-12-8-5-6-9-14-12/h5,8,11-13H,2-4,6-7,9-10H2,1H3. The maximum absolute atomic E-state index is 9.71. The van der Waals surface area contributed by atoms with Crippen LogP contribution in [0.2, 0.25) is 0 Å². The predicted molar refractivity (Wildman–Crippen MR) is 58.3 cm³/mol. The fraction of sp³-hybridized carbons (Fsp3) is 0.833. The number of aliphatic hydroxyl groups is 1. The first kappa shape index (κ1) is 11.7. The number of unbranched alkanes of at least 4 members (excludes halogenated alkanes) is 2. The lowest BCUT2D eigenvalue weighted by molar-refractivity contribution is 0.0332. The van der Waals surface area contributed by atoms with Crippen molar-refractivity contribution in [2.75, 3.05) is 6.61 Å². The molecule has 82 valence electrons. The molecule has 0 fully saturated rings. The molecule has 1 rings (SSSR count). The van der Waals surface area contributed by atoms with Gasteiger partial charge in [-0.2, -0.15) is 0 Å². The van der Waals surface area contributed by atoms with Crippen molar-refractivity contribution in [3.63, 3.8) is 0 Å². The lowest BCUT2D eigenvalue weighted by Gasteiger charge is -2.20. The van der Waals surface area contributed by atoms with Gasteiger partial charge < -0.3 is 9.84 Å². The van der Waals surface area contributed by atoms with Crippen LogP contribution in [0.15, 0.2) is 12.2 Å². The zero-order chi connectivity index (χ0) is 10.2. The summed E-state index contributed by atoms with van der Waals surface area (Å²) in [5.41, 5.74) is 0. The number of aliphatic hydroxyl groups excluding tert-OH is 1. The largest absolute Gasteiger partial charge is 0.393 e. The lowest BCUT2D eigenvalue weighted by Crippen LogP contribution is -2.21. The van der Waals surface area contributed by atoms with Crippen LogP contribution in [-0.2, 0) is 4.74 Å². The topological polar surface area (TPSA) is 29.5 Å². The van der Waals surface area contributed by atoms with Crippen molar-refractivity contribution >= 4 is 0 Å². The zero-order valence-corrected chi connectivity index (χ0v) is 9.11. The molecule has 2 nitrogen and oxygen atoms in total. The van der Waals surface area contributed by atoms with Crippen molar-refractivity contribution in [3.05, 3.63) is 12.2 Å². The molecule has 0 aromatic heterocycles. The molecule has 0 radical (unpaired) electrons. The summed E-state index contributed by atoms with van der Waals surface area (Å²) in [5, 5.41) is 9.71. The monoisotopic (exact) mass is 198 g/mol. The van der Waals surface area contributed by atoms with E-state index in [9.17, 15) is 5.11 Å². The van der Waals surface area contributed by atoms with E-state index in [1.54, 1.807) is 0 Å². The Morgan fingerprint density at radius 2 is 2.36 bits per heavy atom. The van der Waals surface area contributed by atoms with Crippen LogP contribution in [0.1, 0.15) is 45.4 Å². The maximum atomic E-state index is 9.71.